The van der Waals surface area contributed by atoms with Gasteiger partial charge >= 0.3 is 7.82 Å². The van der Waals surface area contributed by atoms with E-state index in [1.807, 2.05) is 24.3 Å². The van der Waals surface area contributed by atoms with Gasteiger partial charge < -0.3 is 25.2 Å². The minimum atomic E-state index is -4.64. The molecule has 0 radical (unpaired) electrons. The van der Waals surface area contributed by atoms with Gasteiger partial charge in [0.05, 0.1) is 7.11 Å². The normalized spacial score (nSPS) is 10.2. The number of benzene rings is 1. The highest BCUT2D eigenvalue weighted by Gasteiger charge is 2.00. The Kier molecular flexibility index (Phi) is 6.15. The Labute approximate surface area is 87.6 Å². The first-order valence-electron chi connectivity index (χ1n) is 3.98. The molecule has 0 aliphatic heterocycles. The SMILES string of the molecule is COc1ccccc1CN.O=P(O)(O)O. The largest absolute Gasteiger partial charge is 0.496 e. The summed E-state index contributed by atoms with van der Waals surface area (Å²) in [5.74, 6) is 0.866. The molecule has 1 aromatic carbocycles. The van der Waals surface area contributed by atoms with Crippen molar-refractivity contribution in [3.63, 3.8) is 0 Å². The maximum absolute atomic E-state index is 8.88. The number of para-hydroxylation sites is 1. The third-order valence-corrected chi connectivity index (χ3v) is 1.41. The van der Waals surface area contributed by atoms with Crippen LogP contribution in [-0.4, -0.2) is 21.8 Å². The van der Waals surface area contributed by atoms with Gasteiger partial charge in [0.15, 0.2) is 0 Å². The number of nitrogens with two attached hydrogens (primary N) is 1. The summed E-state index contributed by atoms with van der Waals surface area (Å²) in [4.78, 5) is 21.6. The van der Waals surface area contributed by atoms with Crippen LogP contribution in [0.1, 0.15) is 5.56 Å². The summed E-state index contributed by atoms with van der Waals surface area (Å²) in [6, 6.07) is 7.74. The molecule has 15 heavy (non-hydrogen) atoms. The van der Waals surface area contributed by atoms with E-state index in [1.54, 1.807) is 7.11 Å². The lowest BCUT2D eigenvalue weighted by Gasteiger charge is -2.03. The Balaban J connectivity index is 0.000000336. The molecule has 0 bridgehead atoms. The third kappa shape index (κ3) is 8.11. The maximum Gasteiger partial charge on any atom is 0.466 e. The van der Waals surface area contributed by atoms with E-state index in [9.17, 15) is 0 Å². The molecule has 0 fully saturated rings. The molecule has 1 rings (SSSR count). The van der Waals surface area contributed by atoms with Crippen molar-refractivity contribution in [2.45, 2.75) is 6.54 Å². The van der Waals surface area contributed by atoms with Crippen molar-refractivity contribution in [1.29, 1.82) is 0 Å². The fraction of sp³-hybridized carbons (Fsp3) is 0.250. The number of hydrogen-bond acceptors (Lipinski definition) is 3. The van der Waals surface area contributed by atoms with Gasteiger partial charge in [-0.1, -0.05) is 18.2 Å². The van der Waals surface area contributed by atoms with Gasteiger partial charge in [-0.25, -0.2) is 4.57 Å². The van der Waals surface area contributed by atoms with Gasteiger partial charge in [0.1, 0.15) is 5.75 Å². The van der Waals surface area contributed by atoms with E-state index >= 15 is 0 Å². The minimum absolute atomic E-state index is 0.532. The van der Waals surface area contributed by atoms with Crippen LogP contribution in [0.2, 0.25) is 0 Å². The summed E-state index contributed by atoms with van der Waals surface area (Å²) in [5.41, 5.74) is 6.49. The number of ether oxygens (including phenoxy) is 1. The fourth-order valence-corrected chi connectivity index (χ4v) is 0.872. The van der Waals surface area contributed by atoms with Gasteiger partial charge in [0, 0.05) is 12.1 Å². The summed E-state index contributed by atoms with van der Waals surface area (Å²) < 4.78 is 13.9. The smallest absolute Gasteiger partial charge is 0.466 e. The van der Waals surface area contributed by atoms with Crippen LogP contribution in [-0.2, 0) is 11.1 Å². The molecular formula is C8H14NO5P. The zero-order chi connectivity index (χ0) is 11.9. The first-order chi connectivity index (χ1) is 6.88. The van der Waals surface area contributed by atoms with Crippen molar-refractivity contribution in [2.75, 3.05) is 7.11 Å². The number of rotatable bonds is 2. The zero-order valence-electron chi connectivity index (χ0n) is 8.20. The van der Waals surface area contributed by atoms with Gasteiger partial charge in [0.25, 0.3) is 0 Å². The molecule has 0 unspecified atom stereocenters. The van der Waals surface area contributed by atoms with E-state index in [0.29, 0.717) is 6.54 Å². The molecule has 0 saturated carbocycles. The molecule has 7 heteroatoms. The maximum atomic E-state index is 8.88. The highest BCUT2D eigenvalue weighted by Crippen LogP contribution is 2.25. The van der Waals surface area contributed by atoms with Crippen LogP contribution in [0, 0.1) is 0 Å². The Morgan fingerprint density at radius 3 is 2.13 bits per heavy atom. The monoisotopic (exact) mass is 235 g/mol. The van der Waals surface area contributed by atoms with E-state index in [1.165, 1.54) is 0 Å². The van der Waals surface area contributed by atoms with E-state index in [2.05, 4.69) is 0 Å². The first kappa shape index (κ1) is 14.1. The van der Waals surface area contributed by atoms with Crippen molar-refractivity contribution in [2.24, 2.45) is 5.73 Å². The van der Waals surface area contributed by atoms with Crippen molar-refractivity contribution in [3.05, 3.63) is 29.8 Å². The lowest BCUT2D eigenvalue weighted by molar-refractivity contribution is 0.275. The predicted molar refractivity (Wildman–Crippen MR) is 55.1 cm³/mol. The molecule has 0 saturated heterocycles. The highest BCUT2D eigenvalue weighted by atomic mass is 31.2. The Morgan fingerprint density at radius 2 is 1.80 bits per heavy atom. The molecule has 0 amide bonds. The average Bonchev–Trinajstić information content (AvgIpc) is 2.15. The highest BCUT2D eigenvalue weighted by molar-refractivity contribution is 7.45. The van der Waals surface area contributed by atoms with Gasteiger partial charge in [-0.3, -0.25) is 0 Å². The molecule has 0 aliphatic carbocycles. The molecule has 0 aromatic heterocycles. The molecular weight excluding hydrogens is 221 g/mol. The van der Waals surface area contributed by atoms with E-state index < -0.39 is 7.82 Å². The van der Waals surface area contributed by atoms with Crippen LogP contribution in [0.4, 0.5) is 0 Å². The van der Waals surface area contributed by atoms with Gasteiger partial charge in [-0.2, -0.15) is 0 Å². The number of phosphoric acid groups is 1. The van der Waals surface area contributed by atoms with Crippen molar-refractivity contribution in [3.8, 4) is 5.75 Å². The van der Waals surface area contributed by atoms with Crippen molar-refractivity contribution >= 4 is 7.82 Å². The number of methoxy groups -OCH3 is 1. The average molecular weight is 235 g/mol. The van der Waals surface area contributed by atoms with Gasteiger partial charge in [-0.05, 0) is 6.07 Å². The standard InChI is InChI=1S/C8H11NO.H3O4P/c1-10-8-5-3-2-4-7(8)6-9;1-5(2,3)4/h2-5H,6,9H2,1H3;(H3,1,2,3,4). The molecule has 6 nitrogen and oxygen atoms in total. The van der Waals surface area contributed by atoms with E-state index in [-0.39, 0.29) is 0 Å². The second-order valence-electron chi connectivity index (χ2n) is 2.53. The second-order valence-corrected chi connectivity index (χ2v) is 3.56. The van der Waals surface area contributed by atoms with Crippen LogP contribution in [0.25, 0.3) is 0 Å². The molecule has 5 N–H and O–H groups in total. The number of hydrogen-bond donors (Lipinski definition) is 4. The first-order valence-corrected chi connectivity index (χ1v) is 5.55. The molecule has 1 aromatic rings. The molecule has 0 spiro atoms. The molecule has 0 heterocycles. The minimum Gasteiger partial charge on any atom is -0.496 e. The molecule has 0 aliphatic rings. The zero-order valence-corrected chi connectivity index (χ0v) is 9.09. The summed E-state index contributed by atoms with van der Waals surface area (Å²) in [5, 5.41) is 0. The van der Waals surface area contributed by atoms with Gasteiger partial charge in [-0.15, -0.1) is 0 Å². The quantitative estimate of drug-likeness (QED) is 0.545. The Morgan fingerprint density at radius 1 is 1.33 bits per heavy atom. The lowest BCUT2D eigenvalue weighted by atomic mass is 10.2. The summed E-state index contributed by atoms with van der Waals surface area (Å²) >= 11 is 0. The topological polar surface area (TPSA) is 113 Å². The fourth-order valence-electron chi connectivity index (χ4n) is 0.872. The predicted octanol–water partition coefficient (Wildman–Crippen LogP) is 0.225. The second kappa shape index (κ2) is 6.55. The van der Waals surface area contributed by atoms with Crippen LogP contribution in [0.3, 0.4) is 0 Å². The summed E-state index contributed by atoms with van der Waals surface area (Å²) in [7, 11) is -2.99. The van der Waals surface area contributed by atoms with Gasteiger partial charge in [0.2, 0.25) is 0 Å². The summed E-state index contributed by atoms with van der Waals surface area (Å²) in [6.07, 6.45) is 0. The van der Waals surface area contributed by atoms with E-state index in [4.69, 9.17) is 29.7 Å². The molecule has 0 atom stereocenters. The van der Waals surface area contributed by atoms with Crippen LogP contribution in [0.5, 0.6) is 5.75 Å². The third-order valence-electron chi connectivity index (χ3n) is 1.41. The van der Waals surface area contributed by atoms with E-state index in [0.717, 1.165) is 11.3 Å². The van der Waals surface area contributed by atoms with Crippen LogP contribution >= 0.6 is 7.82 Å². The van der Waals surface area contributed by atoms with Crippen LogP contribution in [0.15, 0.2) is 24.3 Å². The lowest BCUT2D eigenvalue weighted by Crippen LogP contribution is -1.98. The van der Waals surface area contributed by atoms with Crippen molar-refractivity contribution in [1.82, 2.24) is 0 Å². The Bertz CT molecular complexity index is 306. The molecule has 86 valence electrons. The van der Waals surface area contributed by atoms with Crippen molar-refractivity contribution < 1.29 is 24.0 Å². The summed E-state index contributed by atoms with van der Waals surface area (Å²) in [6.45, 7) is 0.532. The Hall–Kier alpha value is -0.910. The van der Waals surface area contributed by atoms with Crippen LogP contribution < -0.4 is 10.5 Å².